The summed E-state index contributed by atoms with van der Waals surface area (Å²) in [5.41, 5.74) is 1.49. The Morgan fingerprint density at radius 1 is 1.36 bits per heavy atom. The smallest absolute Gasteiger partial charge is 0.0175 e. The highest BCUT2D eigenvalue weighted by atomic mass is 79.9. The van der Waals surface area contributed by atoms with E-state index < -0.39 is 0 Å². The lowest BCUT2D eigenvalue weighted by Gasteiger charge is -2.18. The van der Waals surface area contributed by atoms with Crippen LogP contribution in [0.2, 0.25) is 0 Å². The molecule has 0 aromatic heterocycles. The summed E-state index contributed by atoms with van der Waals surface area (Å²) in [6.07, 6.45) is 1.39. The molecular formula is C12H15BrS. The maximum absolute atomic E-state index is 3.47. The van der Waals surface area contributed by atoms with Crippen molar-refractivity contribution in [3.63, 3.8) is 0 Å². The van der Waals surface area contributed by atoms with Crippen molar-refractivity contribution >= 4 is 27.7 Å². The lowest BCUT2D eigenvalue weighted by Crippen LogP contribution is -2.08. The summed E-state index contributed by atoms with van der Waals surface area (Å²) < 4.78 is 1.18. The van der Waals surface area contributed by atoms with E-state index in [-0.39, 0.29) is 0 Å². The van der Waals surface area contributed by atoms with Crippen molar-refractivity contribution in [3.05, 3.63) is 34.3 Å². The standard InChI is InChI=1S/C12H15BrS/c1-9(11-6-7-14-8-11)10-2-4-12(13)5-3-10/h2-5,9,11H,6-8H2,1H3. The van der Waals surface area contributed by atoms with Crippen molar-refractivity contribution in [2.75, 3.05) is 11.5 Å². The SMILES string of the molecule is CC(c1ccc(Br)cc1)C1CCSC1. The summed E-state index contributed by atoms with van der Waals surface area (Å²) in [6, 6.07) is 8.79. The van der Waals surface area contributed by atoms with Crippen LogP contribution >= 0.6 is 27.7 Å². The summed E-state index contributed by atoms with van der Waals surface area (Å²) >= 11 is 5.57. The highest BCUT2D eigenvalue weighted by Crippen LogP contribution is 2.35. The molecule has 0 saturated carbocycles. The number of benzene rings is 1. The molecule has 2 heteroatoms. The molecule has 1 aliphatic rings. The van der Waals surface area contributed by atoms with Gasteiger partial charge in [0.05, 0.1) is 0 Å². The summed E-state index contributed by atoms with van der Waals surface area (Å²) in [7, 11) is 0. The molecule has 1 aromatic rings. The Balaban J connectivity index is 2.09. The lowest BCUT2D eigenvalue weighted by atomic mass is 9.87. The first-order valence-corrected chi connectivity index (χ1v) is 7.05. The summed E-state index contributed by atoms with van der Waals surface area (Å²) in [6.45, 7) is 2.36. The highest BCUT2D eigenvalue weighted by Gasteiger charge is 2.22. The molecule has 0 amide bonds. The van der Waals surface area contributed by atoms with Gasteiger partial charge in [0.2, 0.25) is 0 Å². The fraction of sp³-hybridized carbons (Fsp3) is 0.500. The van der Waals surface area contributed by atoms with Gasteiger partial charge in [-0.05, 0) is 47.5 Å². The summed E-state index contributed by atoms with van der Waals surface area (Å²) in [5, 5.41) is 0. The van der Waals surface area contributed by atoms with E-state index >= 15 is 0 Å². The van der Waals surface area contributed by atoms with E-state index in [1.165, 1.54) is 28.0 Å². The van der Waals surface area contributed by atoms with Crippen LogP contribution in [0.4, 0.5) is 0 Å². The van der Waals surface area contributed by atoms with Gasteiger partial charge in [0.25, 0.3) is 0 Å². The second-order valence-corrected chi connectivity index (χ2v) is 6.03. The molecule has 2 atom stereocenters. The van der Waals surface area contributed by atoms with Crippen LogP contribution in [0.3, 0.4) is 0 Å². The van der Waals surface area contributed by atoms with Crippen LogP contribution in [-0.2, 0) is 0 Å². The molecule has 0 radical (unpaired) electrons. The predicted molar refractivity (Wildman–Crippen MR) is 68.0 cm³/mol. The van der Waals surface area contributed by atoms with E-state index in [0.717, 1.165) is 11.8 Å². The van der Waals surface area contributed by atoms with Gasteiger partial charge < -0.3 is 0 Å². The topological polar surface area (TPSA) is 0 Å². The van der Waals surface area contributed by atoms with Gasteiger partial charge in [-0.15, -0.1) is 0 Å². The molecule has 1 heterocycles. The van der Waals surface area contributed by atoms with E-state index in [1.54, 1.807) is 0 Å². The molecule has 0 spiro atoms. The molecule has 0 nitrogen and oxygen atoms in total. The van der Waals surface area contributed by atoms with E-state index in [1.807, 2.05) is 0 Å². The Morgan fingerprint density at radius 2 is 2.07 bits per heavy atom. The molecule has 1 aromatic carbocycles. The Bertz CT molecular complexity index is 288. The third kappa shape index (κ3) is 2.34. The van der Waals surface area contributed by atoms with Crippen LogP contribution < -0.4 is 0 Å². The third-order valence-corrected chi connectivity index (χ3v) is 4.78. The molecule has 14 heavy (non-hydrogen) atoms. The van der Waals surface area contributed by atoms with Crippen LogP contribution in [0.5, 0.6) is 0 Å². The number of rotatable bonds is 2. The number of hydrogen-bond acceptors (Lipinski definition) is 1. The van der Waals surface area contributed by atoms with Gasteiger partial charge in [0.1, 0.15) is 0 Å². The molecule has 76 valence electrons. The third-order valence-electron chi connectivity index (χ3n) is 3.07. The van der Waals surface area contributed by atoms with Gasteiger partial charge >= 0.3 is 0 Å². The minimum Gasteiger partial charge on any atom is -0.162 e. The molecular weight excluding hydrogens is 256 g/mol. The quantitative estimate of drug-likeness (QED) is 0.772. The van der Waals surface area contributed by atoms with Crippen LogP contribution in [-0.4, -0.2) is 11.5 Å². The van der Waals surface area contributed by atoms with E-state index in [0.29, 0.717) is 0 Å². The average Bonchev–Trinajstić information content (AvgIpc) is 2.71. The van der Waals surface area contributed by atoms with Gasteiger partial charge in [-0.3, -0.25) is 0 Å². The maximum atomic E-state index is 3.47. The van der Waals surface area contributed by atoms with Crippen LogP contribution in [0, 0.1) is 5.92 Å². The van der Waals surface area contributed by atoms with Crippen LogP contribution in [0.1, 0.15) is 24.8 Å². The Kier molecular flexibility index (Phi) is 3.56. The van der Waals surface area contributed by atoms with Gasteiger partial charge in [-0.2, -0.15) is 11.8 Å². The van der Waals surface area contributed by atoms with E-state index in [2.05, 4.69) is 58.9 Å². The second-order valence-electron chi connectivity index (χ2n) is 3.96. The molecule has 0 bridgehead atoms. The molecule has 1 saturated heterocycles. The fourth-order valence-corrected chi connectivity index (χ4v) is 3.64. The van der Waals surface area contributed by atoms with Crippen molar-refractivity contribution in [1.29, 1.82) is 0 Å². The van der Waals surface area contributed by atoms with E-state index in [4.69, 9.17) is 0 Å². The molecule has 2 unspecified atom stereocenters. The normalized spacial score (nSPS) is 23.7. The highest BCUT2D eigenvalue weighted by molar-refractivity contribution is 9.10. The lowest BCUT2D eigenvalue weighted by molar-refractivity contribution is 0.500. The molecule has 1 aliphatic heterocycles. The predicted octanol–water partition coefficient (Wildman–Crippen LogP) is 4.31. The van der Waals surface area contributed by atoms with Crippen molar-refractivity contribution in [1.82, 2.24) is 0 Å². The number of halogens is 1. The van der Waals surface area contributed by atoms with Crippen molar-refractivity contribution in [2.24, 2.45) is 5.92 Å². The van der Waals surface area contributed by atoms with Crippen molar-refractivity contribution in [3.8, 4) is 0 Å². The van der Waals surface area contributed by atoms with E-state index in [9.17, 15) is 0 Å². The fourth-order valence-electron chi connectivity index (χ4n) is 1.99. The zero-order valence-electron chi connectivity index (χ0n) is 8.37. The van der Waals surface area contributed by atoms with Crippen LogP contribution in [0.25, 0.3) is 0 Å². The molecule has 2 rings (SSSR count). The first-order valence-electron chi connectivity index (χ1n) is 5.10. The zero-order valence-corrected chi connectivity index (χ0v) is 10.8. The van der Waals surface area contributed by atoms with Gasteiger partial charge in [0, 0.05) is 4.47 Å². The van der Waals surface area contributed by atoms with Gasteiger partial charge in [-0.25, -0.2) is 0 Å². The Morgan fingerprint density at radius 3 is 2.64 bits per heavy atom. The van der Waals surface area contributed by atoms with Crippen LogP contribution in [0.15, 0.2) is 28.7 Å². The molecule has 0 aliphatic carbocycles. The minimum atomic E-state index is 0.720. The number of hydrogen-bond donors (Lipinski definition) is 0. The number of thioether (sulfide) groups is 1. The Labute approximate surface area is 98.6 Å². The first-order chi connectivity index (χ1) is 6.77. The first kappa shape index (κ1) is 10.6. The van der Waals surface area contributed by atoms with Crippen molar-refractivity contribution in [2.45, 2.75) is 19.3 Å². The minimum absolute atomic E-state index is 0.720. The van der Waals surface area contributed by atoms with Gasteiger partial charge in [-0.1, -0.05) is 35.0 Å². The maximum Gasteiger partial charge on any atom is 0.0175 e. The largest absolute Gasteiger partial charge is 0.162 e. The molecule has 1 fully saturated rings. The Hall–Kier alpha value is 0.0500. The monoisotopic (exact) mass is 270 g/mol. The van der Waals surface area contributed by atoms with Gasteiger partial charge in [0.15, 0.2) is 0 Å². The molecule has 0 N–H and O–H groups in total. The summed E-state index contributed by atoms with van der Waals surface area (Å²) in [5.74, 6) is 4.31. The summed E-state index contributed by atoms with van der Waals surface area (Å²) in [4.78, 5) is 0. The zero-order chi connectivity index (χ0) is 9.97. The second kappa shape index (κ2) is 4.71. The average molecular weight is 271 g/mol. The van der Waals surface area contributed by atoms with Crippen molar-refractivity contribution < 1.29 is 0 Å².